The second kappa shape index (κ2) is 5.17. The summed E-state index contributed by atoms with van der Waals surface area (Å²) in [5, 5.41) is 5.62. The third-order valence-corrected chi connectivity index (χ3v) is 3.59. The first-order valence-corrected chi connectivity index (χ1v) is 6.47. The maximum atomic E-state index is 3.49. The van der Waals surface area contributed by atoms with Crippen LogP contribution in [0.5, 0.6) is 0 Å². The van der Waals surface area contributed by atoms with Crippen LogP contribution < -0.4 is 5.32 Å². The summed E-state index contributed by atoms with van der Waals surface area (Å²) in [5.41, 5.74) is 3.90. The van der Waals surface area contributed by atoms with Crippen molar-refractivity contribution < 1.29 is 0 Å². The van der Waals surface area contributed by atoms with E-state index in [0.29, 0.717) is 0 Å². The second-order valence-corrected chi connectivity index (χ2v) is 5.11. The predicted octanol–water partition coefficient (Wildman–Crippen LogP) is 4.02. The topological polar surface area (TPSA) is 12.0 Å². The minimum absolute atomic E-state index is 1.00. The standard InChI is InChI=1S/C14H17NS/c1-11-5-6-14(12(2)10-11)15-8-7-13-4-3-9-16-13/h3-6,9-10,15H,7-8H2,1-2H3. The first-order valence-electron chi connectivity index (χ1n) is 5.59. The number of nitrogens with one attached hydrogen (secondary N) is 1. The first-order chi connectivity index (χ1) is 7.75. The van der Waals surface area contributed by atoms with Gasteiger partial charge >= 0.3 is 0 Å². The van der Waals surface area contributed by atoms with Crippen molar-refractivity contribution in [3.63, 3.8) is 0 Å². The van der Waals surface area contributed by atoms with E-state index in [2.05, 4.69) is 54.9 Å². The monoisotopic (exact) mass is 231 g/mol. The van der Waals surface area contributed by atoms with Crippen LogP contribution in [0.3, 0.4) is 0 Å². The van der Waals surface area contributed by atoms with Crippen molar-refractivity contribution in [1.82, 2.24) is 0 Å². The highest BCUT2D eigenvalue weighted by atomic mass is 32.1. The summed E-state index contributed by atoms with van der Waals surface area (Å²) in [5.74, 6) is 0. The van der Waals surface area contributed by atoms with E-state index in [1.54, 1.807) is 0 Å². The van der Waals surface area contributed by atoms with Gasteiger partial charge < -0.3 is 5.32 Å². The highest BCUT2D eigenvalue weighted by molar-refractivity contribution is 7.09. The largest absolute Gasteiger partial charge is 0.384 e. The number of thiophene rings is 1. The van der Waals surface area contributed by atoms with Crippen molar-refractivity contribution in [2.45, 2.75) is 20.3 Å². The van der Waals surface area contributed by atoms with Crippen LogP contribution in [-0.2, 0) is 6.42 Å². The molecule has 0 amide bonds. The maximum absolute atomic E-state index is 3.49. The minimum Gasteiger partial charge on any atom is -0.384 e. The van der Waals surface area contributed by atoms with Crippen molar-refractivity contribution in [2.24, 2.45) is 0 Å². The van der Waals surface area contributed by atoms with Gasteiger partial charge in [-0.2, -0.15) is 0 Å². The molecule has 2 rings (SSSR count). The number of aryl methyl sites for hydroxylation is 2. The summed E-state index contributed by atoms with van der Waals surface area (Å²) in [6, 6.07) is 10.8. The molecule has 0 saturated carbocycles. The summed E-state index contributed by atoms with van der Waals surface area (Å²) in [7, 11) is 0. The van der Waals surface area contributed by atoms with Crippen LogP contribution in [0.4, 0.5) is 5.69 Å². The van der Waals surface area contributed by atoms with Crippen molar-refractivity contribution in [3.8, 4) is 0 Å². The van der Waals surface area contributed by atoms with Crippen molar-refractivity contribution >= 4 is 17.0 Å². The smallest absolute Gasteiger partial charge is 0.0370 e. The summed E-state index contributed by atoms with van der Waals surface area (Å²) in [6.07, 6.45) is 1.10. The minimum atomic E-state index is 1.00. The molecule has 0 aliphatic rings. The van der Waals surface area contributed by atoms with Crippen LogP contribution in [0.2, 0.25) is 0 Å². The van der Waals surface area contributed by atoms with E-state index in [-0.39, 0.29) is 0 Å². The predicted molar refractivity (Wildman–Crippen MR) is 72.4 cm³/mol. The lowest BCUT2D eigenvalue weighted by Gasteiger charge is -2.09. The summed E-state index contributed by atoms with van der Waals surface area (Å²) in [4.78, 5) is 1.44. The van der Waals surface area contributed by atoms with Gasteiger partial charge in [-0.15, -0.1) is 11.3 Å². The highest BCUT2D eigenvalue weighted by Gasteiger charge is 1.98. The Hall–Kier alpha value is -1.28. The van der Waals surface area contributed by atoms with Gasteiger partial charge in [-0.05, 0) is 43.3 Å². The van der Waals surface area contributed by atoms with Gasteiger partial charge in [-0.25, -0.2) is 0 Å². The van der Waals surface area contributed by atoms with Crippen LogP contribution in [0, 0.1) is 13.8 Å². The number of hydrogen-bond acceptors (Lipinski definition) is 2. The molecule has 0 unspecified atom stereocenters. The molecule has 1 heterocycles. The molecule has 0 aliphatic carbocycles. The summed E-state index contributed by atoms with van der Waals surface area (Å²) >= 11 is 1.82. The molecular weight excluding hydrogens is 214 g/mol. The van der Waals surface area contributed by atoms with Crippen LogP contribution in [0.1, 0.15) is 16.0 Å². The molecule has 1 aromatic heterocycles. The normalized spacial score (nSPS) is 10.4. The Morgan fingerprint density at radius 1 is 1.19 bits per heavy atom. The fraction of sp³-hybridized carbons (Fsp3) is 0.286. The van der Waals surface area contributed by atoms with Crippen LogP contribution in [-0.4, -0.2) is 6.54 Å². The average molecular weight is 231 g/mol. The Bertz CT molecular complexity index is 446. The number of anilines is 1. The van der Waals surface area contributed by atoms with Crippen LogP contribution >= 0.6 is 11.3 Å². The molecule has 0 saturated heterocycles. The lowest BCUT2D eigenvalue weighted by Crippen LogP contribution is -2.05. The lowest BCUT2D eigenvalue weighted by atomic mass is 10.1. The zero-order valence-corrected chi connectivity index (χ0v) is 10.6. The van der Waals surface area contributed by atoms with Gasteiger partial charge in [0.15, 0.2) is 0 Å². The molecule has 0 radical (unpaired) electrons. The fourth-order valence-electron chi connectivity index (χ4n) is 1.79. The van der Waals surface area contributed by atoms with Crippen molar-refractivity contribution in [3.05, 3.63) is 51.7 Å². The van der Waals surface area contributed by atoms with E-state index in [0.717, 1.165) is 13.0 Å². The van der Waals surface area contributed by atoms with E-state index in [1.165, 1.54) is 21.7 Å². The number of hydrogen-bond donors (Lipinski definition) is 1. The highest BCUT2D eigenvalue weighted by Crippen LogP contribution is 2.16. The third-order valence-electron chi connectivity index (χ3n) is 2.65. The second-order valence-electron chi connectivity index (χ2n) is 4.07. The third kappa shape index (κ3) is 2.86. The van der Waals surface area contributed by atoms with Gasteiger partial charge in [0.1, 0.15) is 0 Å². The first kappa shape index (κ1) is 11.2. The molecule has 0 fully saturated rings. The summed E-state index contributed by atoms with van der Waals surface area (Å²) in [6.45, 7) is 5.29. The molecule has 0 aliphatic heterocycles. The molecular formula is C14H17NS. The van der Waals surface area contributed by atoms with Gasteiger partial charge in [0.25, 0.3) is 0 Å². The average Bonchev–Trinajstić information content (AvgIpc) is 2.74. The van der Waals surface area contributed by atoms with E-state index in [4.69, 9.17) is 0 Å². The molecule has 2 heteroatoms. The Morgan fingerprint density at radius 2 is 2.06 bits per heavy atom. The molecule has 1 N–H and O–H groups in total. The fourth-order valence-corrected chi connectivity index (χ4v) is 2.50. The van der Waals surface area contributed by atoms with Crippen LogP contribution in [0.25, 0.3) is 0 Å². The van der Waals surface area contributed by atoms with Gasteiger partial charge in [0.05, 0.1) is 0 Å². The van der Waals surface area contributed by atoms with Crippen molar-refractivity contribution in [2.75, 3.05) is 11.9 Å². The Labute approximate surface area is 101 Å². The molecule has 2 aromatic rings. The SMILES string of the molecule is Cc1ccc(NCCc2cccs2)c(C)c1. The zero-order valence-electron chi connectivity index (χ0n) is 9.79. The Morgan fingerprint density at radius 3 is 2.75 bits per heavy atom. The van der Waals surface area contributed by atoms with Gasteiger partial charge in [-0.3, -0.25) is 0 Å². The van der Waals surface area contributed by atoms with Gasteiger partial charge in [0.2, 0.25) is 0 Å². The van der Waals surface area contributed by atoms with Gasteiger partial charge in [0, 0.05) is 17.1 Å². The number of benzene rings is 1. The Balaban J connectivity index is 1.90. The quantitative estimate of drug-likeness (QED) is 0.838. The molecule has 1 aromatic carbocycles. The molecule has 0 spiro atoms. The number of rotatable bonds is 4. The molecule has 0 atom stereocenters. The van der Waals surface area contributed by atoms with E-state index in [1.807, 2.05) is 11.3 Å². The van der Waals surface area contributed by atoms with E-state index in [9.17, 15) is 0 Å². The van der Waals surface area contributed by atoms with Crippen LogP contribution in [0.15, 0.2) is 35.7 Å². The van der Waals surface area contributed by atoms with E-state index < -0.39 is 0 Å². The molecule has 84 valence electrons. The lowest BCUT2D eigenvalue weighted by molar-refractivity contribution is 1.04. The van der Waals surface area contributed by atoms with E-state index >= 15 is 0 Å². The zero-order chi connectivity index (χ0) is 11.4. The molecule has 1 nitrogen and oxygen atoms in total. The Kier molecular flexibility index (Phi) is 3.62. The maximum Gasteiger partial charge on any atom is 0.0370 e. The summed E-state index contributed by atoms with van der Waals surface area (Å²) < 4.78 is 0. The molecule has 0 bridgehead atoms. The molecule has 16 heavy (non-hydrogen) atoms. The van der Waals surface area contributed by atoms with Gasteiger partial charge in [-0.1, -0.05) is 23.8 Å². The van der Waals surface area contributed by atoms with Crippen molar-refractivity contribution in [1.29, 1.82) is 0 Å².